The van der Waals surface area contributed by atoms with Crippen LogP contribution in [0, 0.1) is 6.92 Å². The number of hydrogen-bond acceptors (Lipinski definition) is 2. The lowest BCUT2D eigenvalue weighted by Gasteiger charge is -2.06. The number of anilines is 1. The van der Waals surface area contributed by atoms with Crippen molar-refractivity contribution in [3.05, 3.63) is 23.8 Å². The van der Waals surface area contributed by atoms with Gasteiger partial charge in [-0.3, -0.25) is 0 Å². The van der Waals surface area contributed by atoms with Crippen LogP contribution in [0.2, 0.25) is 0 Å². The summed E-state index contributed by atoms with van der Waals surface area (Å²) in [5.74, 6) is 0. The van der Waals surface area contributed by atoms with E-state index in [0.29, 0.717) is 6.54 Å². The summed E-state index contributed by atoms with van der Waals surface area (Å²) in [6.45, 7) is 2.87. The molecule has 0 bridgehead atoms. The molecule has 0 heterocycles. The first kappa shape index (κ1) is 9.14. The lowest BCUT2D eigenvalue weighted by Crippen LogP contribution is -2.10. The first-order valence-electron chi connectivity index (χ1n) is 4.16. The molecule has 1 aromatic carbocycles. The van der Waals surface area contributed by atoms with Crippen LogP contribution in [0.5, 0.6) is 0 Å². The van der Waals surface area contributed by atoms with Crippen LogP contribution in [-0.2, 0) is 0 Å². The van der Waals surface area contributed by atoms with E-state index in [4.69, 9.17) is 5.11 Å². The molecule has 0 unspecified atom stereocenters. The van der Waals surface area contributed by atoms with Gasteiger partial charge in [-0.05, 0) is 19.1 Å². The van der Waals surface area contributed by atoms with Crippen LogP contribution in [0.15, 0.2) is 18.2 Å². The van der Waals surface area contributed by atoms with Crippen LogP contribution in [-0.4, -0.2) is 26.1 Å². The van der Waals surface area contributed by atoms with Crippen LogP contribution >= 0.6 is 0 Å². The standard InChI is InChI=1S/C9H14BNO/c1-7-6-8(11-4-5-12)2-3-9(7)10/h2-3,6,11-12H,4-5,10H2,1H3. The lowest BCUT2D eigenvalue weighted by molar-refractivity contribution is 0.311. The SMILES string of the molecule is Bc1ccc(NCCO)cc1C. The Kier molecular flexibility index (Phi) is 3.17. The summed E-state index contributed by atoms with van der Waals surface area (Å²) in [6, 6.07) is 6.19. The third-order valence-corrected chi connectivity index (χ3v) is 1.95. The summed E-state index contributed by atoms with van der Waals surface area (Å²) < 4.78 is 0. The second-order valence-corrected chi connectivity index (χ2v) is 2.95. The highest BCUT2D eigenvalue weighted by atomic mass is 16.3. The van der Waals surface area contributed by atoms with Gasteiger partial charge in [-0.2, -0.15) is 0 Å². The second-order valence-electron chi connectivity index (χ2n) is 2.95. The molecule has 0 aromatic heterocycles. The number of aryl methyl sites for hydroxylation is 1. The third kappa shape index (κ3) is 2.27. The summed E-state index contributed by atoms with van der Waals surface area (Å²) in [7, 11) is 2.09. The Bertz CT molecular complexity index is 263. The Morgan fingerprint density at radius 3 is 2.83 bits per heavy atom. The van der Waals surface area contributed by atoms with Gasteiger partial charge in [0.25, 0.3) is 0 Å². The minimum Gasteiger partial charge on any atom is -0.395 e. The van der Waals surface area contributed by atoms with Crippen molar-refractivity contribution in [3.8, 4) is 0 Å². The van der Waals surface area contributed by atoms with E-state index in [-0.39, 0.29) is 6.61 Å². The molecule has 0 aliphatic heterocycles. The van der Waals surface area contributed by atoms with Gasteiger partial charge in [0.15, 0.2) is 0 Å². The summed E-state index contributed by atoms with van der Waals surface area (Å²) in [4.78, 5) is 0. The highest BCUT2D eigenvalue weighted by Crippen LogP contribution is 2.06. The summed E-state index contributed by atoms with van der Waals surface area (Å²) in [5.41, 5.74) is 3.65. The largest absolute Gasteiger partial charge is 0.395 e. The Hall–Kier alpha value is -0.955. The Morgan fingerprint density at radius 1 is 1.50 bits per heavy atom. The van der Waals surface area contributed by atoms with E-state index in [9.17, 15) is 0 Å². The van der Waals surface area contributed by atoms with Crippen molar-refractivity contribution in [2.24, 2.45) is 0 Å². The van der Waals surface area contributed by atoms with E-state index in [1.807, 2.05) is 6.07 Å². The van der Waals surface area contributed by atoms with E-state index >= 15 is 0 Å². The van der Waals surface area contributed by atoms with Gasteiger partial charge in [0.2, 0.25) is 0 Å². The molecule has 0 amide bonds. The van der Waals surface area contributed by atoms with E-state index in [1.54, 1.807) is 0 Å². The van der Waals surface area contributed by atoms with E-state index in [2.05, 4.69) is 32.2 Å². The molecular formula is C9H14BNO. The second kappa shape index (κ2) is 4.17. The molecule has 0 saturated heterocycles. The molecule has 0 aliphatic carbocycles. The molecule has 2 N–H and O–H groups in total. The van der Waals surface area contributed by atoms with Gasteiger partial charge in [-0.25, -0.2) is 0 Å². The highest BCUT2D eigenvalue weighted by Gasteiger charge is 1.93. The fraction of sp³-hybridized carbons (Fsp3) is 0.333. The van der Waals surface area contributed by atoms with Gasteiger partial charge < -0.3 is 10.4 Å². The van der Waals surface area contributed by atoms with Gasteiger partial charge in [0, 0.05) is 12.2 Å². The topological polar surface area (TPSA) is 32.3 Å². The average Bonchev–Trinajstić information content (AvgIpc) is 2.07. The van der Waals surface area contributed by atoms with Crippen LogP contribution in [0.4, 0.5) is 5.69 Å². The number of benzene rings is 1. The Balaban J connectivity index is 2.69. The fourth-order valence-corrected chi connectivity index (χ4v) is 1.05. The van der Waals surface area contributed by atoms with Crippen LogP contribution in [0.25, 0.3) is 0 Å². The van der Waals surface area contributed by atoms with Gasteiger partial charge in [-0.15, -0.1) is 0 Å². The molecule has 0 saturated carbocycles. The molecule has 1 rings (SSSR count). The molecule has 3 heteroatoms. The molecule has 12 heavy (non-hydrogen) atoms. The van der Waals surface area contributed by atoms with Crippen molar-refractivity contribution in [2.45, 2.75) is 6.92 Å². The molecule has 0 fully saturated rings. The maximum atomic E-state index is 8.59. The predicted molar refractivity (Wildman–Crippen MR) is 54.9 cm³/mol. The normalized spacial score (nSPS) is 9.83. The molecule has 0 spiro atoms. The minimum absolute atomic E-state index is 0.174. The molecule has 0 radical (unpaired) electrons. The van der Waals surface area contributed by atoms with E-state index in [1.165, 1.54) is 11.0 Å². The van der Waals surface area contributed by atoms with E-state index in [0.717, 1.165) is 5.69 Å². The van der Waals surface area contributed by atoms with Crippen molar-refractivity contribution in [2.75, 3.05) is 18.5 Å². The number of nitrogens with one attached hydrogen (secondary N) is 1. The zero-order valence-corrected chi connectivity index (χ0v) is 7.59. The van der Waals surface area contributed by atoms with Gasteiger partial charge in [0.1, 0.15) is 7.85 Å². The van der Waals surface area contributed by atoms with Gasteiger partial charge in [-0.1, -0.05) is 17.1 Å². The Morgan fingerprint density at radius 2 is 2.25 bits per heavy atom. The predicted octanol–water partition coefficient (Wildman–Crippen LogP) is -0.342. The average molecular weight is 163 g/mol. The van der Waals surface area contributed by atoms with Gasteiger partial charge >= 0.3 is 0 Å². The third-order valence-electron chi connectivity index (χ3n) is 1.95. The molecular weight excluding hydrogens is 149 g/mol. The molecule has 0 aliphatic rings. The smallest absolute Gasteiger partial charge is 0.139 e. The van der Waals surface area contributed by atoms with Crippen LogP contribution in [0.1, 0.15) is 5.56 Å². The van der Waals surface area contributed by atoms with Crippen molar-refractivity contribution in [3.63, 3.8) is 0 Å². The molecule has 1 aromatic rings. The number of rotatable bonds is 3. The lowest BCUT2D eigenvalue weighted by atomic mass is 9.91. The van der Waals surface area contributed by atoms with Crippen LogP contribution < -0.4 is 10.8 Å². The van der Waals surface area contributed by atoms with Crippen LogP contribution in [0.3, 0.4) is 0 Å². The fourth-order valence-electron chi connectivity index (χ4n) is 1.05. The monoisotopic (exact) mass is 163 g/mol. The van der Waals surface area contributed by atoms with Crippen molar-refractivity contribution >= 4 is 19.0 Å². The summed E-state index contributed by atoms with van der Waals surface area (Å²) >= 11 is 0. The number of aliphatic hydroxyl groups is 1. The van der Waals surface area contributed by atoms with Crippen molar-refractivity contribution < 1.29 is 5.11 Å². The summed E-state index contributed by atoms with van der Waals surface area (Å²) in [6.07, 6.45) is 0. The van der Waals surface area contributed by atoms with Crippen molar-refractivity contribution in [1.82, 2.24) is 0 Å². The molecule has 0 atom stereocenters. The zero-order valence-electron chi connectivity index (χ0n) is 7.59. The van der Waals surface area contributed by atoms with E-state index < -0.39 is 0 Å². The number of aliphatic hydroxyl groups excluding tert-OH is 1. The maximum Gasteiger partial charge on any atom is 0.139 e. The zero-order chi connectivity index (χ0) is 8.97. The minimum atomic E-state index is 0.174. The maximum absolute atomic E-state index is 8.59. The quantitative estimate of drug-likeness (QED) is 0.597. The Labute approximate surface area is 74.0 Å². The first-order valence-corrected chi connectivity index (χ1v) is 4.16. The molecule has 2 nitrogen and oxygen atoms in total. The highest BCUT2D eigenvalue weighted by molar-refractivity contribution is 6.33. The first-order chi connectivity index (χ1) is 5.74. The summed E-state index contributed by atoms with van der Waals surface area (Å²) in [5, 5.41) is 11.7. The van der Waals surface area contributed by atoms with Gasteiger partial charge in [0.05, 0.1) is 6.61 Å². The number of hydrogen-bond donors (Lipinski definition) is 2. The van der Waals surface area contributed by atoms with Crippen molar-refractivity contribution in [1.29, 1.82) is 0 Å². The molecule has 64 valence electrons.